The van der Waals surface area contributed by atoms with E-state index >= 15 is 0 Å². The zero-order valence-electron chi connectivity index (χ0n) is 15.0. The lowest BCUT2D eigenvalue weighted by Gasteiger charge is -2.18. The molecule has 2 heterocycles. The molecule has 1 aromatic carbocycles. The second kappa shape index (κ2) is 7.46. The molecule has 2 aromatic rings. The maximum atomic E-state index is 12.9. The van der Waals surface area contributed by atoms with E-state index < -0.39 is 5.25 Å². The molecule has 0 radical (unpaired) electrons. The first-order valence-electron chi connectivity index (χ1n) is 9.07. The minimum absolute atomic E-state index is 0.0626. The van der Waals surface area contributed by atoms with Crippen LogP contribution in [0.15, 0.2) is 35.4 Å². The first kappa shape index (κ1) is 18.2. The van der Waals surface area contributed by atoms with Gasteiger partial charge in [-0.2, -0.15) is 10.5 Å². The Morgan fingerprint density at radius 2 is 1.82 bits per heavy atom. The Morgan fingerprint density at radius 1 is 1.07 bits per heavy atom. The number of carbonyl (C=O) groups is 2. The highest BCUT2D eigenvalue weighted by Crippen LogP contribution is 2.36. The fourth-order valence-corrected chi connectivity index (χ4v) is 4.67. The van der Waals surface area contributed by atoms with Crippen molar-refractivity contribution < 1.29 is 9.59 Å². The molecule has 0 saturated carbocycles. The molecule has 1 atom stereocenters. The molecule has 0 N–H and O–H groups in total. The number of hydrogen-bond acceptors (Lipinski definition) is 6. The number of carbonyl (C=O) groups excluding carboxylic acids is 2. The van der Waals surface area contributed by atoms with Crippen molar-refractivity contribution in [3.63, 3.8) is 0 Å². The van der Waals surface area contributed by atoms with Gasteiger partial charge >= 0.3 is 0 Å². The third-order valence-electron chi connectivity index (χ3n) is 5.00. The number of aromatic nitrogens is 1. The van der Waals surface area contributed by atoms with Crippen molar-refractivity contribution in [3.05, 3.63) is 52.7 Å². The lowest BCUT2D eigenvalue weighted by Crippen LogP contribution is -2.31. The second-order valence-corrected chi connectivity index (χ2v) is 7.99. The van der Waals surface area contributed by atoms with E-state index in [4.69, 9.17) is 5.26 Å². The largest absolute Gasteiger partial charge is 0.274 e. The Hall–Kier alpha value is -3.16. The summed E-state index contributed by atoms with van der Waals surface area (Å²) in [5, 5.41) is 18.3. The van der Waals surface area contributed by atoms with E-state index in [2.05, 4.69) is 11.1 Å². The maximum Gasteiger partial charge on any atom is 0.247 e. The van der Waals surface area contributed by atoms with Gasteiger partial charge in [-0.15, -0.1) is 0 Å². The van der Waals surface area contributed by atoms with Gasteiger partial charge in [0.1, 0.15) is 11.1 Å². The van der Waals surface area contributed by atoms with E-state index in [-0.39, 0.29) is 18.2 Å². The number of thioether (sulfide) groups is 1. The van der Waals surface area contributed by atoms with E-state index in [0.29, 0.717) is 21.8 Å². The monoisotopic (exact) mass is 388 g/mol. The number of rotatable bonds is 3. The molecule has 2 aliphatic rings. The van der Waals surface area contributed by atoms with E-state index in [1.807, 2.05) is 12.1 Å². The third kappa shape index (κ3) is 3.26. The molecule has 0 spiro atoms. The number of anilines is 1. The minimum Gasteiger partial charge on any atom is -0.274 e. The first-order chi connectivity index (χ1) is 13.6. The highest BCUT2D eigenvalue weighted by Gasteiger charge is 2.40. The molecule has 28 heavy (non-hydrogen) atoms. The van der Waals surface area contributed by atoms with Gasteiger partial charge in [-0.25, -0.2) is 9.88 Å². The Morgan fingerprint density at radius 3 is 2.54 bits per heavy atom. The SMILES string of the molecule is N#Cc1ccc(N2C(=O)CC(Sc3nc4c(cc3C#N)CCCC4)C2=O)cc1. The van der Waals surface area contributed by atoms with Crippen LogP contribution in [0.4, 0.5) is 5.69 Å². The summed E-state index contributed by atoms with van der Waals surface area (Å²) >= 11 is 1.20. The molecule has 2 amide bonds. The standard InChI is InChI=1S/C21H16N4O2S/c22-11-13-5-7-16(8-6-13)25-19(26)10-18(21(25)27)28-20-15(12-23)9-14-3-1-2-4-17(14)24-20/h5-9,18H,1-4,10H2. The molecule has 1 aromatic heterocycles. The molecule has 0 bridgehead atoms. The van der Waals surface area contributed by atoms with Crippen molar-refractivity contribution in [2.45, 2.75) is 42.4 Å². The normalized spacial score (nSPS) is 18.5. The summed E-state index contributed by atoms with van der Waals surface area (Å²) in [5.41, 5.74) is 3.48. The highest BCUT2D eigenvalue weighted by molar-refractivity contribution is 8.00. The van der Waals surface area contributed by atoms with Gasteiger partial charge in [0.2, 0.25) is 11.8 Å². The van der Waals surface area contributed by atoms with Crippen LogP contribution < -0.4 is 4.90 Å². The van der Waals surface area contributed by atoms with Crippen LogP contribution in [0.3, 0.4) is 0 Å². The van der Waals surface area contributed by atoms with Crippen molar-refractivity contribution >= 4 is 29.3 Å². The summed E-state index contributed by atoms with van der Waals surface area (Å²) in [4.78, 5) is 31.1. The zero-order chi connectivity index (χ0) is 19.7. The van der Waals surface area contributed by atoms with Crippen molar-refractivity contribution in [1.82, 2.24) is 4.98 Å². The predicted molar refractivity (Wildman–Crippen MR) is 104 cm³/mol. The third-order valence-corrected chi connectivity index (χ3v) is 6.19. The number of nitrogens with zero attached hydrogens (tertiary/aromatic N) is 4. The molecule has 1 aliphatic heterocycles. The van der Waals surface area contributed by atoms with E-state index in [9.17, 15) is 14.9 Å². The summed E-state index contributed by atoms with van der Waals surface area (Å²) in [6.07, 6.45) is 4.04. The average Bonchev–Trinajstić information content (AvgIpc) is 3.00. The molecular formula is C21H16N4O2S. The summed E-state index contributed by atoms with van der Waals surface area (Å²) < 4.78 is 0. The van der Waals surface area contributed by atoms with Crippen molar-refractivity contribution in [2.75, 3.05) is 4.90 Å². The van der Waals surface area contributed by atoms with Gasteiger partial charge in [0, 0.05) is 12.1 Å². The lowest BCUT2D eigenvalue weighted by atomic mass is 9.95. The average molecular weight is 388 g/mol. The summed E-state index contributed by atoms with van der Waals surface area (Å²) in [6, 6.07) is 12.4. The summed E-state index contributed by atoms with van der Waals surface area (Å²) in [7, 11) is 0. The van der Waals surface area contributed by atoms with Crippen molar-refractivity contribution in [3.8, 4) is 12.1 Å². The Bertz CT molecular complexity index is 1050. The molecule has 7 heteroatoms. The van der Waals surface area contributed by atoms with Gasteiger partial charge in [-0.1, -0.05) is 11.8 Å². The van der Waals surface area contributed by atoms with Crippen LogP contribution in [0.25, 0.3) is 0 Å². The zero-order valence-corrected chi connectivity index (χ0v) is 15.8. The molecule has 1 fully saturated rings. The van der Waals surface area contributed by atoms with Gasteiger partial charge in [-0.05, 0) is 61.6 Å². The van der Waals surface area contributed by atoms with Gasteiger partial charge < -0.3 is 0 Å². The molecule has 138 valence electrons. The Balaban J connectivity index is 1.59. The number of fused-ring (bicyclic) bond motifs is 1. The van der Waals surface area contributed by atoms with Gasteiger partial charge in [0.15, 0.2) is 0 Å². The van der Waals surface area contributed by atoms with Crippen molar-refractivity contribution in [2.24, 2.45) is 0 Å². The van der Waals surface area contributed by atoms with Crippen LogP contribution in [0.1, 0.15) is 41.6 Å². The predicted octanol–water partition coefficient (Wildman–Crippen LogP) is 3.13. The highest BCUT2D eigenvalue weighted by atomic mass is 32.2. The van der Waals surface area contributed by atoms with E-state index in [1.165, 1.54) is 11.8 Å². The van der Waals surface area contributed by atoms with Crippen molar-refractivity contribution in [1.29, 1.82) is 10.5 Å². The molecular weight excluding hydrogens is 372 g/mol. The molecule has 1 unspecified atom stereocenters. The van der Waals surface area contributed by atoms with Crippen LogP contribution in [-0.4, -0.2) is 22.0 Å². The number of imide groups is 1. The Labute approximate surface area is 166 Å². The van der Waals surface area contributed by atoms with Gasteiger partial charge in [0.25, 0.3) is 0 Å². The van der Waals surface area contributed by atoms with Crippen LogP contribution in [-0.2, 0) is 22.4 Å². The van der Waals surface area contributed by atoms with Crippen LogP contribution in [0.5, 0.6) is 0 Å². The number of nitriles is 2. The maximum absolute atomic E-state index is 12.9. The van der Waals surface area contributed by atoms with E-state index in [1.54, 1.807) is 24.3 Å². The number of amides is 2. The second-order valence-electron chi connectivity index (χ2n) is 6.80. The number of aryl methyl sites for hydroxylation is 2. The van der Waals surface area contributed by atoms with Gasteiger partial charge in [-0.3, -0.25) is 9.59 Å². The van der Waals surface area contributed by atoms with Crippen LogP contribution in [0, 0.1) is 22.7 Å². The summed E-state index contributed by atoms with van der Waals surface area (Å²) in [6.45, 7) is 0. The minimum atomic E-state index is -0.607. The number of pyridine rings is 1. The molecule has 6 nitrogen and oxygen atoms in total. The number of hydrogen-bond donors (Lipinski definition) is 0. The Kier molecular flexibility index (Phi) is 4.85. The van der Waals surface area contributed by atoms with Crippen LogP contribution >= 0.6 is 11.8 Å². The molecule has 4 rings (SSSR count). The first-order valence-corrected chi connectivity index (χ1v) is 9.95. The van der Waals surface area contributed by atoms with E-state index in [0.717, 1.165) is 41.8 Å². The number of benzene rings is 1. The van der Waals surface area contributed by atoms with Crippen LogP contribution in [0.2, 0.25) is 0 Å². The van der Waals surface area contributed by atoms with Gasteiger partial charge in [0.05, 0.1) is 28.1 Å². The molecule has 1 aliphatic carbocycles. The molecule has 1 saturated heterocycles. The smallest absolute Gasteiger partial charge is 0.247 e. The quantitative estimate of drug-likeness (QED) is 0.749. The summed E-state index contributed by atoms with van der Waals surface area (Å²) in [5.74, 6) is -0.605. The fourth-order valence-electron chi connectivity index (χ4n) is 3.57. The fraction of sp³-hybridized carbons (Fsp3) is 0.286. The lowest BCUT2D eigenvalue weighted by molar-refractivity contribution is -0.121. The topological polar surface area (TPSA) is 97.8 Å².